The van der Waals surface area contributed by atoms with Crippen LogP contribution in [0.3, 0.4) is 0 Å². The summed E-state index contributed by atoms with van der Waals surface area (Å²) in [6.07, 6.45) is 5.75. The van der Waals surface area contributed by atoms with Gasteiger partial charge in [-0.1, -0.05) is 6.07 Å². The number of pyridine rings is 1. The number of carbonyl (C=O) groups excluding carboxylic acids is 1. The summed E-state index contributed by atoms with van der Waals surface area (Å²) in [7, 11) is -3.35. The summed E-state index contributed by atoms with van der Waals surface area (Å²) >= 11 is 0. The summed E-state index contributed by atoms with van der Waals surface area (Å²) < 4.78 is 23.8. The number of carbonyl (C=O) groups is 1. The van der Waals surface area contributed by atoms with E-state index in [1.165, 1.54) is 12.5 Å². The summed E-state index contributed by atoms with van der Waals surface area (Å²) in [6.45, 7) is 2.96. The number of aromatic amines is 1. The Balaban J connectivity index is 1.84. The van der Waals surface area contributed by atoms with E-state index in [2.05, 4.69) is 15.2 Å². The maximum Gasteiger partial charge on any atom is 0.272 e. The van der Waals surface area contributed by atoms with Crippen molar-refractivity contribution in [2.24, 2.45) is 0 Å². The van der Waals surface area contributed by atoms with Gasteiger partial charge >= 0.3 is 0 Å². The average Bonchev–Trinajstić information content (AvgIpc) is 3.05. The molecule has 0 radical (unpaired) electrons. The van der Waals surface area contributed by atoms with Crippen LogP contribution in [0.25, 0.3) is 0 Å². The zero-order chi connectivity index (χ0) is 17.3. The number of nitrogens with one attached hydrogen (secondary N) is 1. The van der Waals surface area contributed by atoms with Crippen molar-refractivity contribution >= 4 is 15.7 Å². The second-order valence-electron chi connectivity index (χ2n) is 6.18. The third-order valence-electron chi connectivity index (χ3n) is 4.36. The van der Waals surface area contributed by atoms with E-state index in [9.17, 15) is 13.2 Å². The molecule has 1 fully saturated rings. The molecular formula is C16H20N4O3S. The lowest BCUT2D eigenvalue weighted by Crippen LogP contribution is -2.40. The van der Waals surface area contributed by atoms with E-state index in [0.717, 1.165) is 18.4 Å². The minimum absolute atomic E-state index is 0.0704. The van der Waals surface area contributed by atoms with Crippen LogP contribution in [0.15, 0.2) is 29.4 Å². The highest BCUT2D eigenvalue weighted by Crippen LogP contribution is 2.30. The number of rotatable bonds is 3. The van der Waals surface area contributed by atoms with Crippen molar-refractivity contribution in [1.29, 1.82) is 0 Å². The van der Waals surface area contributed by atoms with E-state index in [4.69, 9.17) is 0 Å². The molecule has 8 heteroatoms. The molecule has 128 valence electrons. The topological polar surface area (TPSA) is 96.0 Å². The van der Waals surface area contributed by atoms with E-state index in [0.29, 0.717) is 24.5 Å². The smallest absolute Gasteiger partial charge is 0.272 e. The number of nitrogens with zero attached hydrogens (tertiary/aromatic N) is 3. The molecule has 3 rings (SSSR count). The Bertz CT molecular complexity index is 860. The molecule has 0 spiro atoms. The SMILES string of the molecule is Cc1cccnc1C(=O)N1CCCC(c2[nH]ncc2S(C)(=O)=O)C1. The first-order chi connectivity index (χ1) is 11.4. The number of aromatic nitrogens is 3. The lowest BCUT2D eigenvalue weighted by atomic mass is 9.94. The lowest BCUT2D eigenvalue weighted by molar-refractivity contribution is 0.0698. The number of sulfone groups is 1. The van der Waals surface area contributed by atoms with Gasteiger partial charge in [-0.15, -0.1) is 0 Å². The Morgan fingerprint density at radius 3 is 2.92 bits per heavy atom. The van der Waals surface area contributed by atoms with Crippen molar-refractivity contribution in [3.8, 4) is 0 Å². The van der Waals surface area contributed by atoms with Gasteiger partial charge in [0.05, 0.1) is 11.9 Å². The largest absolute Gasteiger partial charge is 0.337 e. The summed E-state index contributed by atoms with van der Waals surface area (Å²) in [5.41, 5.74) is 1.88. The highest BCUT2D eigenvalue weighted by molar-refractivity contribution is 7.90. The monoisotopic (exact) mass is 348 g/mol. The fourth-order valence-electron chi connectivity index (χ4n) is 3.13. The van der Waals surface area contributed by atoms with Gasteiger partial charge in [0.2, 0.25) is 0 Å². The molecule has 0 aromatic carbocycles. The number of likely N-dealkylation sites (tertiary alicyclic amines) is 1. The summed E-state index contributed by atoms with van der Waals surface area (Å²) in [4.78, 5) is 18.9. The van der Waals surface area contributed by atoms with Crippen molar-refractivity contribution in [2.45, 2.75) is 30.6 Å². The van der Waals surface area contributed by atoms with Crippen LogP contribution in [-0.2, 0) is 9.84 Å². The zero-order valence-corrected chi connectivity index (χ0v) is 14.5. The van der Waals surface area contributed by atoms with Crippen LogP contribution < -0.4 is 0 Å². The molecule has 1 saturated heterocycles. The van der Waals surface area contributed by atoms with Crippen molar-refractivity contribution < 1.29 is 13.2 Å². The Hall–Kier alpha value is -2.22. The normalized spacial score (nSPS) is 18.6. The van der Waals surface area contributed by atoms with E-state index >= 15 is 0 Å². The van der Waals surface area contributed by atoms with Gasteiger partial charge < -0.3 is 4.90 Å². The van der Waals surface area contributed by atoms with Crippen LogP contribution in [0.2, 0.25) is 0 Å². The maximum atomic E-state index is 12.7. The van der Waals surface area contributed by atoms with Crippen molar-refractivity contribution in [3.05, 3.63) is 41.5 Å². The van der Waals surface area contributed by atoms with Crippen molar-refractivity contribution in [2.75, 3.05) is 19.3 Å². The van der Waals surface area contributed by atoms with Gasteiger partial charge in [-0.3, -0.25) is 14.9 Å². The number of hydrogen-bond donors (Lipinski definition) is 1. The van der Waals surface area contributed by atoms with Gasteiger partial charge in [-0.25, -0.2) is 8.42 Å². The standard InChI is InChI=1S/C16H20N4O3S/c1-11-5-3-7-17-14(11)16(21)20-8-4-6-12(10-20)15-13(9-18-19-15)24(2,22)23/h3,5,7,9,12H,4,6,8,10H2,1-2H3,(H,18,19). The summed E-state index contributed by atoms with van der Waals surface area (Å²) in [6, 6.07) is 3.66. The molecular weight excluding hydrogens is 328 g/mol. The fourth-order valence-corrected chi connectivity index (χ4v) is 3.99. The van der Waals surface area contributed by atoms with E-state index in [-0.39, 0.29) is 16.7 Å². The van der Waals surface area contributed by atoms with Gasteiger partial charge in [-0.05, 0) is 31.4 Å². The first kappa shape index (κ1) is 16.6. The van der Waals surface area contributed by atoms with Crippen LogP contribution in [0.4, 0.5) is 0 Å². The van der Waals surface area contributed by atoms with Gasteiger partial charge in [0.25, 0.3) is 5.91 Å². The van der Waals surface area contributed by atoms with Gasteiger partial charge in [0, 0.05) is 31.5 Å². The molecule has 1 N–H and O–H groups in total. The van der Waals surface area contributed by atoms with Gasteiger partial charge in [0.1, 0.15) is 10.6 Å². The molecule has 2 aromatic rings. The Morgan fingerprint density at radius 1 is 1.42 bits per heavy atom. The molecule has 1 atom stereocenters. The average molecular weight is 348 g/mol. The Kier molecular flexibility index (Phi) is 4.40. The predicted molar refractivity (Wildman–Crippen MR) is 88.6 cm³/mol. The highest BCUT2D eigenvalue weighted by atomic mass is 32.2. The van der Waals surface area contributed by atoms with Crippen LogP contribution >= 0.6 is 0 Å². The Morgan fingerprint density at radius 2 is 2.21 bits per heavy atom. The third-order valence-corrected chi connectivity index (χ3v) is 5.48. The molecule has 1 amide bonds. The lowest BCUT2D eigenvalue weighted by Gasteiger charge is -2.32. The molecule has 0 saturated carbocycles. The van der Waals surface area contributed by atoms with Crippen LogP contribution in [0.5, 0.6) is 0 Å². The summed E-state index contributed by atoms with van der Waals surface area (Å²) in [5, 5.41) is 6.70. The molecule has 24 heavy (non-hydrogen) atoms. The molecule has 1 unspecified atom stereocenters. The highest BCUT2D eigenvalue weighted by Gasteiger charge is 2.30. The molecule has 0 aliphatic carbocycles. The fraction of sp³-hybridized carbons (Fsp3) is 0.438. The molecule has 3 heterocycles. The molecule has 2 aromatic heterocycles. The van der Waals surface area contributed by atoms with E-state index in [1.54, 1.807) is 17.2 Å². The first-order valence-electron chi connectivity index (χ1n) is 7.82. The number of piperidine rings is 1. The van der Waals surface area contributed by atoms with Crippen LogP contribution in [-0.4, -0.2) is 53.8 Å². The van der Waals surface area contributed by atoms with Crippen molar-refractivity contribution in [3.63, 3.8) is 0 Å². The van der Waals surface area contributed by atoms with Gasteiger partial charge in [-0.2, -0.15) is 5.10 Å². The number of hydrogen-bond acceptors (Lipinski definition) is 5. The summed E-state index contributed by atoms with van der Waals surface area (Å²) in [5.74, 6) is -0.183. The number of amides is 1. The molecule has 1 aliphatic rings. The number of H-pyrrole nitrogens is 1. The minimum Gasteiger partial charge on any atom is -0.337 e. The minimum atomic E-state index is -3.35. The predicted octanol–water partition coefficient (Wildman–Crippen LogP) is 1.54. The zero-order valence-electron chi connectivity index (χ0n) is 13.7. The molecule has 7 nitrogen and oxygen atoms in total. The van der Waals surface area contributed by atoms with Gasteiger partial charge in [0.15, 0.2) is 9.84 Å². The third kappa shape index (κ3) is 3.19. The maximum absolute atomic E-state index is 12.7. The number of aryl methyl sites for hydroxylation is 1. The second-order valence-corrected chi connectivity index (χ2v) is 8.16. The quantitative estimate of drug-likeness (QED) is 0.907. The first-order valence-corrected chi connectivity index (χ1v) is 9.71. The molecule has 1 aliphatic heterocycles. The van der Waals surface area contributed by atoms with Crippen LogP contribution in [0.1, 0.15) is 40.5 Å². The second kappa shape index (κ2) is 6.35. The van der Waals surface area contributed by atoms with E-state index < -0.39 is 9.84 Å². The van der Waals surface area contributed by atoms with Crippen molar-refractivity contribution in [1.82, 2.24) is 20.1 Å². The van der Waals surface area contributed by atoms with Crippen LogP contribution in [0, 0.1) is 6.92 Å². The Labute approximate surface area is 141 Å². The molecule has 0 bridgehead atoms. The van der Waals surface area contributed by atoms with E-state index in [1.807, 2.05) is 13.0 Å².